The molecular weight excluding hydrogens is 338 g/mol. The third kappa shape index (κ3) is 4.77. The SMILES string of the molecule is CCN(Cc1ccccc1)C(=O)c1ccccc1SCc1ccccc1. The van der Waals surface area contributed by atoms with E-state index in [1.807, 2.05) is 72.5 Å². The Kier molecular flexibility index (Phi) is 6.50. The molecule has 0 aliphatic rings. The molecule has 26 heavy (non-hydrogen) atoms. The van der Waals surface area contributed by atoms with Gasteiger partial charge in [-0.2, -0.15) is 0 Å². The molecule has 3 aromatic rings. The van der Waals surface area contributed by atoms with Crippen LogP contribution in [0.2, 0.25) is 0 Å². The fraction of sp³-hybridized carbons (Fsp3) is 0.174. The number of carbonyl (C=O) groups excluding carboxylic acids is 1. The van der Waals surface area contributed by atoms with Crippen LogP contribution in [0.25, 0.3) is 0 Å². The minimum Gasteiger partial charge on any atom is -0.335 e. The van der Waals surface area contributed by atoms with Gasteiger partial charge in [-0.3, -0.25) is 4.79 Å². The zero-order valence-electron chi connectivity index (χ0n) is 15.0. The van der Waals surface area contributed by atoms with Crippen LogP contribution in [0, 0.1) is 0 Å². The van der Waals surface area contributed by atoms with E-state index in [4.69, 9.17) is 0 Å². The van der Waals surface area contributed by atoms with Crippen LogP contribution in [0.15, 0.2) is 89.8 Å². The summed E-state index contributed by atoms with van der Waals surface area (Å²) in [5.74, 6) is 0.947. The number of nitrogens with zero attached hydrogens (tertiary/aromatic N) is 1. The molecule has 0 radical (unpaired) electrons. The summed E-state index contributed by atoms with van der Waals surface area (Å²) in [6.07, 6.45) is 0. The zero-order chi connectivity index (χ0) is 18.2. The van der Waals surface area contributed by atoms with Gasteiger partial charge in [0.25, 0.3) is 5.91 Å². The van der Waals surface area contributed by atoms with Crippen LogP contribution in [-0.2, 0) is 12.3 Å². The van der Waals surface area contributed by atoms with Crippen LogP contribution in [0.5, 0.6) is 0 Å². The van der Waals surface area contributed by atoms with E-state index in [0.29, 0.717) is 13.1 Å². The molecular formula is C23H23NOS. The van der Waals surface area contributed by atoms with Crippen molar-refractivity contribution in [3.05, 3.63) is 102 Å². The van der Waals surface area contributed by atoms with Gasteiger partial charge in [-0.25, -0.2) is 0 Å². The Morgan fingerprint density at radius 2 is 1.38 bits per heavy atom. The molecule has 0 aromatic heterocycles. The van der Waals surface area contributed by atoms with Crippen molar-refractivity contribution in [1.82, 2.24) is 4.90 Å². The van der Waals surface area contributed by atoms with E-state index in [9.17, 15) is 4.79 Å². The molecule has 0 aliphatic heterocycles. The lowest BCUT2D eigenvalue weighted by Gasteiger charge is -2.22. The van der Waals surface area contributed by atoms with E-state index in [1.54, 1.807) is 11.8 Å². The lowest BCUT2D eigenvalue weighted by molar-refractivity contribution is 0.0749. The van der Waals surface area contributed by atoms with E-state index in [-0.39, 0.29) is 5.91 Å². The molecule has 132 valence electrons. The second-order valence-corrected chi connectivity index (χ2v) is 7.09. The standard InChI is InChI=1S/C23H23NOS/c1-2-24(17-19-11-5-3-6-12-19)23(25)21-15-9-10-16-22(21)26-18-20-13-7-4-8-14-20/h3-16H,2,17-18H2,1H3. The van der Waals surface area contributed by atoms with E-state index in [0.717, 1.165) is 21.8 Å². The summed E-state index contributed by atoms with van der Waals surface area (Å²) in [4.78, 5) is 16.1. The molecule has 3 rings (SSSR count). The minimum atomic E-state index is 0.0903. The number of hydrogen-bond acceptors (Lipinski definition) is 2. The van der Waals surface area contributed by atoms with E-state index < -0.39 is 0 Å². The van der Waals surface area contributed by atoms with E-state index in [1.165, 1.54) is 5.56 Å². The van der Waals surface area contributed by atoms with Crippen LogP contribution in [0.3, 0.4) is 0 Å². The predicted octanol–water partition coefficient (Wildman–Crippen LogP) is 5.64. The van der Waals surface area contributed by atoms with Crippen molar-refractivity contribution in [2.75, 3.05) is 6.54 Å². The van der Waals surface area contributed by atoms with Gasteiger partial charge in [0.1, 0.15) is 0 Å². The molecule has 0 saturated carbocycles. The van der Waals surface area contributed by atoms with Gasteiger partial charge in [-0.15, -0.1) is 11.8 Å². The highest BCUT2D eigenvalue weighted by molar-refractivity contribution is 7.98. The summed E-state index contributed by atoms with van der Waals surface area (Å²) in [5, 5.41) is 0. The Hall–Kier alpha value is -2.52. The third-order valence-electron chi connectivity index (χ3n) is 4.24. The van der Waals surface area contributed by atoms with Gasteiger partial charge >= 0.3 is 0 Å². The van der Waals surface area contributed by atoms with Crippen molar-refractivity contribution in [3.8, 4) is 0 Å². The fourth-order valence-electron chi connectivity index (χ4n) is 2.81. The maximum Gasteiger partial charge on any atom is 0.255 e. The molecule has 0 saturated heterocycles. The molecule has 0 atom stereocenters. The molecule has 0 aliphatic carbocycles. The second-order valence-electron chi connectivity index (χ2n) is 6.08. The maximum absolute atomic E-state index is 13.1. The van der Waals surface area contributed by atoms with Crippen LogP contribution in [0.1, 0.15) is 28.4 Å². The largest absolute Gasteiger partial charge is 0.335 e. The van der Waals surface area contributed by atoms with Crippen molar-refractivity contribution in [3.63, 3.8) is 0 Å². The summed E-state index contributed by atoms with van der Waals surface area (Å²) in [5.41, 5.74) is 3.19. The Bertz CT molecular complexity index is 833. The lowest BCUT2D eigenvalue weighted by atomic mass is 10.1. The Balaban J connectivity index is 1.75. The molecule has 3 aromatic carbocycles. The molecule has 0 unspecified atom stereocenters. The maximum atomic E-state index is 13.1. The number of thioether (sulfide) groups is 1. The highest BCUT2D eigenvalue weighted by atomic mass is 32.2. The first-order valence-electron chi connectivity index (χ1n) is 8.87. The summed E-state index contributed by atoms with van der Waals surface area (Å²) in [7, 11) is 0. The summed E-state index contributed by atoms with van der Waals surface area (Å²) in [6, 6.07) is 28.4. The normalized spacial score (nSPS) is 10.5. The summed E-state index contributed by atoms with van der Waals surface area (Å²) < 4.78 is 0. The minimum absolute atomic E-state index is 0.0903. The summed E-state index contributed by atoms with van der Waals surface area (Å²) >= 11 is 1.72. The topological polar surface area (TPSA) is 20.3 Å². The lowest BCUT2D eigenvalue weighted by Crippen LogP contribution is -2.30. The number of carbonyl (C=O) groups is 1. The quantitative estimate of drug-likeness (QED) is 0.508. The van der Waals surface area contributed by atoms with Gasteiger partial charge in [0, 0.05) is 23.7 Å². The first-order chi connectivity index (χ1) is 12.8. The molecule has 1 amide bonds. The average Bonchev–Trinajstić information content (AvgIpc) is 2.72. The Morgan fingerprint density at radius 1 is 0.808 bits per heavy atom. The zero-order valence-corrected chi connectivity index (χ0v) is 15.8. The molecule has 0 fully saturated rings. The van der Waals surface area contributed by atoms with Crippen molar-refractivity contribution >= 4 is 17.7 Å². The van der Waals surface area contributed by atoms with Gasteiger partial charge in [-0.1, -0.05) is 72.8 Å². The van der Waals surface area contributed by atoms with Gasteiger partial charge < -0.3 is 4.90 Å². The highest BCUT2D eigenvalue weighted by Gasteiger charge is 2.18. The van der Waals surface area contributed by atoms with Crippen molar-refractivity contribution in [1.29, 1.82) is 0 Å². The summed E-state index contributed by atoms with van der Waals surface area (Å²) in [6.45, 7) is 3.35. The Labute approximate surface area is 159 Å². The predicted molar refractivity (Wildman–Crippen MR) is 109 cm³/mol. The average molecular weight is 362 g/mol. The van der Waals surface area contributed by atoms with Crippen LogP contribution in [-0.4, -0.2) is 17.4 Å². The molecule has 0 bridgehead atoms. The first kappa shape index (κ1) is 18.3. The van der Waals surface area contributed by atoms with Gasteiger partial charge in [0.15, 0.2) is 0 Å². The van der Waals surface area contributed by atoms with Crippen molar-refractivity contribution in [2.24, 2.45) is 0 Å². The molecule has 2 nitrogen and oxygen atoms in total. The molecule has 0 spiro atoms. The van der Waals surface area contributed by atoms with Crippen molar-refractivity contribution in [2.45, 2.75) is 24.1 Å². The fourth-order valence-corrected chi connectivity index (χ4v) is 3.81. The van der Waals surface area contributed by atoms with Crippen molar-refractivity contribution < 1.29 is 4.79 Å². The number of rotatable bonds is 7. The van der Waals surface area contributed by atoms with Gasteiger partial charge in [0.05, 0.1) is 5.56 Å². The number of hydrogen-bond donors (Lipinski definition) is 0. The Morgan fingerprint density at radius 3 is 2.04 bits per heavy atom. The smallest absolute Gasteiger partial charge is 0.255 e. The number of amides is 1. The molecule has 0 heterocycles. The third-order valence-corrected chi connectivity index (χ3v) is 5.38. The van der Waals surface area contributed by atoms with Crippen LogP contribution < -0.4 is 0 Å². The number of benzene rings is 3. The van der Waals surface area contributed by atoms with Gasteiger partial charge in [-0.05, 0) is 30.2 Å². The van der Waals surface area contributed by atoms with E-state index >= 15 is 0 Å². The van der Waals surface area contributed by atoms with E-state index in [2.05, 4.69) is 24.3 Å². The monoisotopic (exact) mass is 361 g/mol. The van der Waals surface area contributed by atoms with Crippen LogP contribution in [0.4, 0.5) is 0 Å². The second kappa shape index (κ2) is 9.25. The van der Waals surface area contributed by atoms with Gasteiger partial charge in [0.2, 0.25) is 0 Å². The van der Waals surface area contributed by atoms with Crippen LogP contribution >= 0.6 is 11.8 Å². The molecule has 3 heteroatoms. The highest BCUT2D eigenvalue weighted by Crippen LogP contribution is 2.27. The molecule has 0 N–H and O–H groups in total. The first-order valence-corrected chi connectivity index (χ1v) is 9.85.